The third kappa shape index (κ3) is 5.36. The molecule has 18 heavy (non-hydrogen) atoms. The van der Waals surface area contributed by atoms with E-state index >= 15 is 0 Å². The molecule has 1 heterocycles. The van der Waals surface area contributed by atoms with Gasteiger partial charge in [0.1, 0.15) is 0 Å². The molecule has 0 aromatic heterocycles. The van der Waals surface area contributed by atoms with Gasteiger partial charge in [0.15, 0.2) is 0 Å². The number of nitrogens with one attached hydrogen (secondary N) is 2. The zero-order valence-electron chi connectivity index (χ0n) is 12.2. The van der Waals surface area contributed by atoms with Crippen LogP contribution in [0.1, 0.15) is 46.0 Å². The highest BCUT2D eigenvalue weighted by Crippen LogP contribution is 2.11. The van der Waals surface area contributed by atoms with Crippen molar-refractivity contribution in [3.63, 3.8) is 0 Å². The van der Waals surface area contributed by atoms with Crippen LogP contribution in [-0.4, -0.2) is 49.6 Å². The first-order chi connectivity index (χ1) is 8.67. The monoisotopic (exact) mass is 255 g/mol. The van der Waals surface area contributed by atoms with Gasteiger partial charge in [-0.25, -0.2) is 0 Å². The van der Waals surface area contributed by atoms with E-state index in [0.29, 0.717) is 18.6 Å². The lowest BCUT2D eigenvalue weighted by Crippen LogP contribution is -2.44. The Hall–Kier alpha value is -0.610. The van der Waals surface area contributed by atoms with E-state index in [1.165, 1.54) is 12.8 Å². The Labute approximate surface area is 111 Å². The SMILES string of the molecule is CCC(CC)NC(=O)CN(C)C1CCCNCC1. The number of nitrogens with zero attached hydrogens (tertiary/aromatic N) is 1. The molecule has 0 aromatic rings. The summed E-state index contributed by atoms with van der Waals surface area (Å²) < 4.78 is 0. The van der Waals surface area contributed by atoms with Crippen LogP contribution in [-0.2, 0) is 4.79 Å². The summed E-state index contributed by atoms with van der Waals surface area (Å²) in [5.41, 5.74) is 0. The van der Waals surface area contributed by atoms with Gasteiger partial charge in [0.2, 0.25) is 5.91 Å². The predicted molar refractivity (Wildman–Crippen MR) is 75.7 cm³/mol. The largest absolute Gasteiger partial charge is 0.352 e. The molecule has 0 saturated carbocycles. The number of carbonyl (C=O) groups is 1. The van der Waals surface area contributed by atoms with Crippen LogP contribution in [0.5, 0.6) is 0 Å². The van der Waals surface area contributed by atoms with E-state index in [9.17, 15) is 4.79 Å². The number of likely N-dealkylation sites (N-methyl/N-ethyl adjacent to an activating group) is 1. The normalized spacial score (nSPS) is 21.1. The summed E-state index contributed by atoms with van der Waals surface area (Å²) in [6.45, 7) is 6.96. The molecule has 0 aliphatic carbocycles. The molecule has 0 aromatic carbocycles. The Kier molecular flexibility index (Phi) is 7.28. The van der Waals surface area contributed by atoms with E-state index in [2.05, 4.69) is 36.4 Å². The van der Waals surface area contributed by atoms with E-state index in [4.69, 9.17) is 0 Å². The average Bonchev–Trinajstić information content (AvgIpc) is 2.64. The molecule has 0 radical (unpaired) electrons. The molecule has 1 amide bonds. The first-order valence-corrected chi connectivity index (χ1v) is 7.37. The molecule has 0 bridgehead atoms. The number of hydrogen-bond donors (Lipinski definition) is 2. The van der Waals surface area contributed by atoms with E-state index in [0.717, 1.165) is 32.4 Å². The van der Waals surface area contributed by atoms with Crippen molar-refractivity contribution in [1.82, 2.24) is 15.5 Å². The molecule has 1 saturated heterocycles. The van der Waals surface area contributed by atoms with Crippen LogP contribution in [0, 0.1) is 0 Å². The number of carbonyl (C=O) groups excluding carboxylic acids is 1. The summed E-state index contributed by atoms with van der Waals surface area (Å²) in [7, 11) is 2.07. The number of hydrogen-bond acceptors (Lipinski definition) is 3. The fourth-order valence-electron chi connectivity index (χ4n) is 2.56. The Balaban J connectivity index is 2.33. The molecule has 1 atom stereocenters. The van der Waals surface area contributed by atoms with E-state index in [-0.39, 0.29) is 5.91 Å². The van der Waals surface area contributed by atoms with Gasteiger partial charge in [-0.1, -0.05) is 13.8 Å². The van der Waals surface area contributed by atoms with Crippen molar-refractivity contribution in [3.05, 3.63) is 0 Å². The van der Waals surface area contributed by atoms with Gasteiger partial charge in [-0.3, -0.25) is 9.69 Å². The summed E-state index contributed by atoms with van der Waals surface area (Å²) in [4.78, 5) is 14.2. The van der Waals surface area contributed by atoms with E-state index in [1.807, 2.05) is 0 Å². The number of rotatable bonds is 6. The highest BCUT2D eigenvalue weighted by Gasteiger charge is 2.19. The Morgan fingerprint density at radius 3 is 2.72 bits per heavy atom. The lowest BCUT2D eigenvalue weighted by atomic mass is 10.1. The minimum absolute atomic E-state index is 0.170. The van der Waals surface area contributed by atoms with Gasteiger partial charge in [0, 0.05) is 12.1 Å². The summed E-state index contributed by atoms with van der Waals surface area (Å²) >= 11 is 0. The van der Waals surface area contributed by atoms with Crippen molar-refractivity contribution >= 4 is 5.91 Å². The minimum Gasteiger partial charge on any atom is -0.352 e. The zero-order chi connectivity index (χ0) is 13.4. The van der Waals surface area contributed by atoms with Crippen LogP contribution in [0.25, 0.3) is 0 Å². The molecule has 4 nitrogen and oxygen atoms in total. The van der Waals surface area contributed by atoms with E-state index < -0.39 is 0 Å². The molecule has 1 fully saturated rings. The third-order valence-corrected chi connectivity index (χ3v) is 3.91. The fraction of sp³-hybridized carbons (Fsp3) is 0.929. The quantitative estimate of drug-likeness (QED) is 0.753. The summed E-state index contributed by atoms with van der Waals surface area (Å²) in [6, 6.07) is 0.883. The average molecular weight is 255 g/mol. The summed E-state index contributed by atoms with van der Waals surface area (Å²) in [6.07, 6.45) is 5.58. The zero-order valence-corrected chi connectivity index (χ0v) is 12.2. The van der Waals surface area contributed by atoms with Gasteiger partial charge in [-0.15, -0.1) is 0 Å². The van der Waals surface area contributed by atoms with Gasteiger partial charge >= 0.3 is 0 Å². The third-order valence-electron chi connectivity index (χ3n) is 3.91. The highest BCUT2D eigenvalue weighted by molar-refractivity contribution is 5.78. The highest BCUT2D eigenvalue weighted by atomic mass is 16.2. The van der Waals surface area contributed by atoms with Crippen molar-refractivity contribution in [3.8, 4) is 0 Å². The molecule has 4 heteroatoms. The fourth-order valence-corrected chi connectivity index (χ4v) is 2.56. The maximum absolute atomic E-state index is 11.9. The van der Waals surface area contributed by atoms with Crippen LogP contribution in [0.2, 0.25) is 0 Å². The van der Waals surface area contributed by atoms with Crippen LogP contribution >= 0.6 is 0 Å². The molecular formula is C14H29N3O. The molecule has 1 aliphatic rings. The van der Waals surface area contributed by atoms with Crippen LogP contribution in [0.15, 0.2) is 0 Å². The minimum atomic E-state index is 0.170. The van der Waals surface area contributed by atoms with Crippen molar-refractivity contribution < 1.29 is 4.79 Å². The molecule has 2 N–H and O–H groups in total. The molecule has 0 spiro atoms. The van der Waals surface area contributed by atoms with Gasteiger partial charge in [-0.2, -0.15) is 0 Å². The number of amides is 1. The Morgan fingerprint density at radius 1 is 1.33 bits per heavy atom. The van der Waals surface area contributed by atoms with Gasteiger partial charge in [-0.05, 0) is 52.2 Å². The molecule has 1 aliphatic heterocycles. The molecule has 1 rings (SSSR count). The first-order valence-electron chi connectivity index (χ1n) is 7.37. The first kappa shape index (κ1) is 15.4. The predicted octanol–water partition coefficient (Wildman–Crippen LogP) is 1.37. The second kappa shape index (κ2) is 8.48. The van der Waals surface area contributed by atoms with E-state index in [1.54, 1.807) is 0 Å². The molecule has 106 valence electrons. The smallest absolute Gasteiger partial charge is 0.234 e. The van der Waals surface area contributed by atoms with Crippen LogP contribution in [0.3, 0.4) is 0 Å². The maximum Gasteiger partial charge on any atom is 0.234 e. The van der Waals surface area contributed by atoms with Gasteiger partial charge < -0.3 is 10.6 Å². The van der Waals surface area contributed by atoms with Crippen molar-refractivity contribution in [2.24, 2.45) is 0 Å². The summed E-state index contributed by atoms with van der Waals surface area (Å²) in [5, 5.41) is 6.51. The Bertz CT molecular complexity index is 233. The Morgan fingerprint density at radius 2 is 2.06 bits per heavy atom. The second-order valence-electron chi connectivity index (χ2n) is 5.33. The van der Waals surface area contributed by atoms with Crippen LogP contribution in [0.4, 0.5) is 0 Å². The second-order valence-corrected chi connectivity index (χ2v) is 5.33. The molecule has 1 unspecified atom stereocenters. The van der Waals surface area contributed by atoms with Crippen molar-refractivity contribution in [2.75, 3.05) is 26.7 Å². The van der Waals surface area contributed by atoms with Crippen molar-refractivity contribution in [1.29, 1.82) is 0 Å². The maximum atomic E-state index is 11.9. The molecular weight excluding hydrogens is 226 g/mol. The standard InChI is InChI=1S/C14H29N3O/c1-4-12(5-2)16-14(18)11-17(3)13-7-6-9-15-10-8-13/h12-13,15H,4-11H2,1-3H3,(H,16,18). The topological polar surface area (TPSA) is 44.4 Å². The van der Waals surface area contributed by atoms with Crippen molar-refractivity contribution in [2.45, 2.75) is 58.0 Å². The van der Waals surface area contributed by atoms with Gasteiger partial charge in [0.05, 0.1) is 6.54 Å². The lowest BCUT2D eigenvalue weighted by Gasteiger charge is -2.27. The summed E-state index contributed by atoms with van der Waals surface area (Å²) in [5.74, 6) is 0.170. The van der Waals surface area contributed by atoms with Gasteiger partial charge in [0.25, 0.3) is 0 Å². The van der Waals surface area contributed by atoms with Crippen LogP contribution < -0.4 is 10.6 Å². The lowest BCUT2D eigenvalue weighted by molar-refractivity contribution is -0.123.